The lowest BCUT2D eigenvalue weighted by Crippen LogP contribution is -2.14. The minimum atomic E-state index is -0.346. The maximum atomic E-state index is 11.9. The van der Waals surface area contributed by atoms with Crippen molar-refractivity contribution in [3.8, 4) is 0 Å². The molecule has 1 aliphatic heterocycles. The van der Waals surface area contributed by atoms with E-state index < -0.39 is 0 Å². The Morgan fingerprint density at radius 1 is 1.36 bits per heavy atom. The Morgan fingerprint density at radius 3 is 2.86 bits per heavy atom. The molecule has 22 heavy (non-hydrogen) atoms. The second-order valence-corrected chi connectivity index (χ2v) is 6.72. The first kappa shape index (κ1) is 15.2. The molecule has 0 saturated heterocycles. The van der Waals surface area contributed by atoms with Crippen molar-refractivity contribution in [2.75, 3.05) is 7.11 Å². The van der Waals surface area contributed by atoms with Crippen LogP contribution in [0, 0.1) is 0 Å². The predicted molar refractivity (Wildman–Crippen MR) is 87.2 cm³/mol. The van der Waals surface area contributed by atoms with Gasteiger partial charge in [-0.3, -0.25) is 4.79 Å². The highest BCUT2D eigenvalue weighted by molar-refractivity contribution is 7.98. The number of esters is 1. The first-order valence-corrected chi connectivity index (χ1v) is 8.81. The van der Waals surface area contributed by atoms with Gasteiger partial charge in [-0.25, -0.2) is 9.78 Å². The molecular weight excluding hydrogens is 320 g/mol. The Morgan fingerprint density at radius 2 is 2.14 bits per heavy atom. The number of nitrogens with one attached hydrogen (secondary N) is 1. The van der Waals surface area contributed by atoms with E-state index in [9.17, 15) is 9.59 Å². The maximum absolute atomic E-state index is 11.9. The summed E-state index contributed by atoms with van der Waals surface area (Å²) in [7, 11) is 1.36. The highest BCUT2D eigenvalue weighted by Gasteiger charge is 2.17. The fourth-order valence-corrected chi connectivity index (χ4v) is 3.99. The summed E-state index contributed by atoms with van der Waals surface area (Å²) in [6.45, 7) is 0. The van der Waals surface area contributed by atoms with E-state index in [1.54, 1.807) is 23.9 Å². The van der Waals surface area contributed by atoms with Crippen molar-refractivity contribution in [3.63, 3.8) is 0 Å². The van der Waals surface area contributed by atoms with Crippen molar-refractivity contribution in [1.29, 1.82) is 0 Å². The molecule has 1 aliphatic rings. The van der Waals surface area contributed by atoms with Crippen molar-refractivity contribution in [2.24, 2.45) is 0 Å². The summed E-state index contributed by atoms with van der Waals surface area (Å²) in [6.07, 6.45) is 0. The van der Waals surface area contributed by atoms with Crippen molar-refractivity contribution in [1.82, 2.24) is 9.97 Å². The molecule has 0 aliphatic carbocycles. The minimum Gasteiger partial charge on any atom is -0.465 e. The monoisotopic (exact) mass is 334 g/mol. The summed E-state index contributed by atoms with van der Waals surface area (Å²) >= 11 is 3.19. The Balaban J connectivity index is 1.69. The summed E-state index contributed by atoms with van der Waals surface area (Å²) in [4.78, 5) is 30.6. The maximum Gasteiger partial charge on any atom is 0.337 e. The van der Waals surface area contributed by atoms with Gasteiger partial charge in [-0.05, 0) is 17.7 Å². The molecule has 1 N–H and O–H groups in total. The highest BCUT2D eigenvalue weighted by atomic mass is 32.2. The fraction of sp³-hybridized carbons (Fsp3) is 0.267. The molecule has 3 rings (SSSR count). The number of ether oxygens (including phenoxy) is 1. The molecule has 1 aromatic carbocycles. The molecule has 5 nitrogen and oxygen atoms in total. The van der Waals surface area contributed by atoms with Crippen LogP contribution in [0.15, 0.2) is 34.2 Å². The Hall–Kier alpha value is -1.73. The molecular formula is C15H14N2O3S2. The van der Waals surface area contributed by atoms with Crippen LogP contribution in [0.2, 0.25) is 0 Å². The lowest BCUT2D eigenvalue weighted by atomic mass is 10.1. The van der Waals surface area contributed by atoms with Gasteiger partial charge in [0.15, 0.2) is 5.16 Å². The lowest BCUT2D eigenvalue weighted by Gasteiger charge is -2.04. The first-order valence-electron chi connectivity index (χ1n) is 6.67. The number of nitrogens with zero attached hydrogens (tertiary/aromatic N) is 1. The molecule has 0 spiro atoms. The number of carbonyl (C=O) groups is 1. The molecule has 0 unspecified atom stereocenters. The van der Waals surface area contributed by atoms with Gasteiger partial charge in [-0.15, -0.1) is 0 Å². The van der Waals surface area contributed by atoms with Gasteiger partial charge in [0, 0.05) is 22.8 Å². The van der Waals surface area contributed by atoms with Crippen LogP contribution in [-0.2, 0) is 22.0 Å². The van der Waals surface area contributed by atoms with Gasteiger partial charge in [0.05, 0.1) is 18.4 Å². The van der Waals surface area contributed by atoms with Gasteiger partial charge in [-0.1, -0.05) is 23.9 Å². The quantitative estimate of drug-likeness (QED) is 0.526. The standard InChI is InChI=1S/C15H14N2O3S2/c1-20-14(19)10-4-2-9(3-5-10)6-22-15-16-12-8-21-7-11(12)13(18)17-15/h2-5H,6-8H2,1H3,(H,16,17,18). The Kier molecular flexibility index (Phi) is 4.54. The van der Waals surface area contributed by atoms with Crippen LogP contribution in [-0.4, -0.2) is 23.0 Å². The van der Waals surface area contributed by atoms with Crippen LogP contribution in [0.3, 0.4) is 0 Å². The summed E-state index contributed by atoms with van der Waals surface area (Å²) in [5.74, 6) is 1.88. The summed E-state index contributed by atoms with van der Waals surface area (Å²) < 4.78 is 4.67. The van der Waals surface area contributed by atoms with Gasteiger partial charge in [0.25, 0.3) is 5.56 Å². The molecule has 114 valence electrons. The number of benzene rings is 1. The highest BCUT2D eigenvalue weighted by Crippen LogP contribution is 2.27. The van der Waals surface area contributed by atoms with Crippen LogP contribution in [0.4, 0.5) is 0 Å². The average Bonchev–Trinajstić information content (AvgIpc) is 3.02. The van der Waals surface area contributed by atoms with E-state index >= 15 is 0 Å². The van der Waals surface area contributed by atoms with Crippen molar-refractivity contribution in [3.05, 3.63) is 57.0 Å². The van der Waals surface area contributed by atoms with Gasteiger partial charge < -0.3 is 9.72 Å². The van der Waals surface area contributed by atoms with Gasteiger partial charge >= 0.3 is 5.97 Å². The van der Waals surface area contributed by atoms with Crippen LogP contribution in [0.25, 0.3) is 0 Å². The van der Waals surface area contributed by atoms with E-state index in [1.807, 2.05) is 12.1 Å². The lowest BCUT2D eigenvalue weighted by molar-refractivity contribution is 0.0600. The van der Waals surface area contributed by atoms with Crippen LogP contribution >= 0.6 is 23.5 Å². The van der Waals surface area contributed by atoms with Gasteiger partial charge in [0.2, 0.25) is 0 Å². The van der Waals surface area contributed by atoms with Crippen molar-refractivity contribution < 1.29 is 9.53 Å². The molecule has 0 saturated carbocycles. The number of carbonyl (C=O) groups excluding carboxylic acids is 1. The number of H-pyrrole nitrogens is 1. The second-order valence-electron chi connectivity index (χ2n) is 4.77. The van der Waals surface area contributed by atoms with Gasteiger partial charge in [0.1, 0.15) is 0 Å². The normalized spacial score (nSPS) is 13.0. The Bertz CT molecular complexity index is 756. The van der Waals surface area contributed by atoms with E-state index in [4.69, 9.17) is 0 Å². The molecule has 0 fully saturated rings. The van der Waals surface area contributed by atoms with Gasteiger partial charge in [-0.2, -0.15) is 11.8 Å². The van der Waals surface area contributed by atoms with Crippen molar-refractivity contribution in [2.45, 2.75) is 22.4 Å². The topological polar surface area (TPSA) is 72.0 Å². The number of hydrogen-bond acceptors (Lipinski definition) is 6. The zero-order valence-electron chi connectivity index (χ0n) is 11.9. The van der Waals surface area contributed by atoms with Crippen LogP contribution in [0.1, 0.15) is 27.2 Å². The van der Waals surface area contributed by atoms with E-state index in [2.05, 4.69) is 14.7 Å². The Labute approximate surface area is 135 Å². The number of thioether (sulfide) groups is 2. The van der Waals surface area contributed by atoms with E-state index in [-0.39, 0.29) is 11.5 Å². The third-order valence-electron chi connectivity index (χ3n) is 3.32. The third-order valence-corrected chi connectivity index (χ3v) is 5.23. The predicted octanol–water partition coefficient (Wildman–Crippen LogP) is 2.60. The second kappa shape index (κ2) is 6.58. The zero-order valence-corrected chi connectivity index (χ0v) is 13.6. The smallest absolute Gasteiger partial charge is 0.337 e. The summed E-state index contributed by atoms with van der Waals surface area (Å²) in [5, 5.41) is 0.642. The molecule has 2 heterocycles. The molecule has 0 bridgehead atoms. The molecule has 0 amide bonds. The summed E-state index contributed by atoms with van der Waals surface area (Å²) in [6, 6.07) is 7.22. The number of aromatic nitrogens is 2. The molecule has 1 aromatic heterocycles. The average molecular weight is 334 g/mol. The van der Waals surface area contributed by atoms with E-state index in [0.29, 0.717) is 16.5 Å². The largest absolute Gasteiger partial charge is 0.465 e. The molecule has 0 atom stereocenters. The number of hydrogen-bond donors (Lipinski definition) is 1. The van der Waals surface area contributed by atoms with Crippen LogP contribution < -0.4 is 5.56 Å². The fourth-order valence-electron chi connectivity index (χ4n) is 2.11. The van der Waals surface area contributed by atoms with Crippen LogP contribution in [0.5, 0.6) is 0 Å². The number of rotatable bonds is 4. The molecule has 2 aromatic rings. The van der Waals surface area contributed by atoms with E-state index in [1.165, 1.54) is 18.9 Å². The number of aromatic amines is 1. The molecule has 7 heteroatoms. The third kappa shape index (κ3) is 3.20. The van der Waals surface area contributed by atoms with E-state index in [0.717, 1.165) is 28.3 Å². The zero-order chi connectivity index (χ0) is 15.5. The first-order chi connectivity index (χ1) is 10.7. The van der Waals surface area contributed by atoms with Crippen molar-refractivity contribution >= 4 is 29.5 Å². The number of methoxy groups -OCH3 is 1. The minimum absolute atomic E-state index is 0.0291. The number of fused-ring (bicyclic) bond motifs is 1. The molecule has 0 radical (unpaired) electrons. The summed E-state index contributed by atoms with van der Waals surface area (Å²) in [5.41, 5.74) is 3.25. The SMILES string of the molecule is COC(=O)c1ccc(CSc2nc3c(c(=O)[nH]2)CSC3)cc1.